The van der Waals surface area contributed by atoms with Gasteiger partial charge in [0, 0.05) is 35.5 Å². The summed E-state index contributed by atoms with van der Waals surface area (Å²) in [7, 11) is 0. The molecule has 0 aliphatic carbocycles. The van der Waals surface area contributed by atoms with Crippen molar-refractivity contribution in [3.63, 3.8) is 0 Å². The Hall–Kier alpha value is -4.27. The third-order valence-corrected chi connectivity index (χ3v) is 6.17. The molecule has 1 aromatic heterocycles. The lowest BCUT2D eigenvalue weighted by molar-refractivity contribution is -0.136. The molecule has 0 saturated carbocycles. The molecule has 2 aromatic carbocycles. The standard InChI is InChI=1S/C25H23N5O4/c1-14-11-15(2)30(28-14)19-6-4-18(5-7-19)26-23(32)16-3-8-20-17(12-16)13-29(25(20)34)21-9-10-22(31)27-24(21)33/h3-8,11-12,21H,9-10,13H2,1-2H3,(H,26,32)(H,27,31,33). The van der Waals surface area contributed by atoms with Crippen LogP contribution < -0.4 is 10.6 Å². The number of fused-ring (bicyclic) bond motifs is 1. The van der Waals surface area contributed by atoms with Gasteiger partial charge in [0.2, 0.25) is 11.8 Å². The normalized spacial score (nSPS) is 17.5. The van der Waals surface area contributed by atoms with Crippen molar-refractivity contribution in [1.82, 2.24) is 20.0 Å². The highest BCUT2D eigenvalue weighted by Gasteiger charge is 2.39. The SMILES string of the molecule is Cc1cc(C)n(-c2ccc(NC(=O)c3ccc4c(c3)CN(C3CCC(=O)NC3=O)C4=O)cc2)n1. The molecule has 1 fully saturated rings. The molecule has 2 aliphatic heterocycles. The summed E-state index contributed by atoms with van der Waals surface area (Å²) in [6, 6.07) is 13.6. The maximum absolute atomic E-state index is 12.9. The molecule has 1 unspecified atom stereocenters. The lowest BCUT2D eigenvalue weighted by Crippen LogP contribution is -2.52. The number of piperidine rings is 1. The van der Waals surface area contributed by atoms with Gasteiger partial charge in [-0.1, -0.05) is 0 Å². The van der Waals surface area contributed by atoms with Gasteiger partial charge in [-0.25, -0.2) is 4.68 Å². The number of amides is 4. The van der Waals surface area contributed by atoms with Gasteiger partial charge in [0.15, 0.2) is 0 Å². The quantitative estimate of drug-likeness (QED) is 0.585. The maximum atomic E-state index is 12.9. The first-order chi connectivity index (χ1) is 16.3. The van der Waals surface area contributed by atoms with E-state index in [1.165, 1.54) is 4.90 Å². The third-order valence-electron chi connectivity index (χ3n) is 6.17. The van der Waals surface area contributed by atoms with Crippen LogP contribution in [0.5, 0.6) is 0 Å². The molecule has 0 spiro atoms. The van der Waals surface area contributed by atoms with Gasteiger partial charge in [-0.2, -0.15) is 5.10 Å². The van der Waals surface area contributed by atoms with Crippen LogP contribution in [0.3, 0.4) is 0 Å². The number of carbonyl (C=O) groups excluding carboxylic acids is 4. The van der Waals surface area contributed by atoms with Gasteiger partial charge >= 0.3 is 0 Å². The summed E-state index contributed by atoms with van der Waals surface area (Å²) in [5.74, 6) is -1.35. The summed E-state index contributed by atoms with van der Waals surface area (Å²) in [5.41, 5.74) is 5.05. The van der Waals surface area contributed by atoms with Crippen LogP contribution in [0.1, 0.15) is 50.5 Å². The highest BCUT2D eigenvalue weighted by atomic mass is 16.2. The van der Waals surface area contributed by atoms with Crippen LogP contribution in [0.4, 0.5) is 5.69 Å². The second-order valence-corrected chi connectivity index (χ2v) is 8.61. The van der Waals surface area contributed by atoms with Crippen molar-refractivity contribution in [2.75, 3.05) is 5.32 Å². The number of benzene rings is 2. The van der Waals surface area contributed by atoms with Gasteiger partial charge < -0.3 is 10.2 Å². The van der Waals surface area contributed by atoms with E-state index in [1.807, 2.05) is 48.9 Å². The number of nitrogens with one attached hydrogen (secondary N) is 2. The van der Waals surface area contributed by atoms with Crippen LogP contribution >= 0.6 is 0 Å². The summed E-state index contributed by atoms with van der Waals surface area (Å²) >= 11 is 0. The lowest BCUT2D eigenvalue weighted by Gasteiger charge is -2.29. The van der Waals surface area contributed by atoms with Crippen molar-refractivity contribution in [2.45, 2.75) is 39.3 Å². The van der Waals surface area contributed by atoms with Crippen LogP contribution in [0, 0.1) is 13.8 Å². The molecule has 3 aromatic rings. The molecule has 0 bridgehead atoms. The first-order valence-corrected chi connectivity index (χ1v) is 11.0. The predicted molar refractivity (Wildman–Crippen MR) is 123 cm³/mol. The van der Waals surface area contributed by atoms with E-state index in [-0.39, 0.29) is 30.7 Å². The number of aromatic nitrogens is 2. The topological polar surface area (TPSA) is 113 Å². The Morgan fingerprint density at radius 1 is 1.06 bits per heavy atom. The highest BCUT2D eigenvalue weighted by Crippen LogP contribution is 2.28. The van der Waals surface area contributed by atoms with Crippen LogP contribution in [-0.4, -0.2) is 44.4 Å². The Morgan fingerprint density at radius 2 is 1.82 bits per heavy atom. The summed E-state index contributed by atoms with van der Waals surface area (Å²) in [6.07, 6.45) is 0.494. The van der Waals surface area contributed by atoms with Crippen LogP contribution in [0.15, 0.2) is 48.5 Å². The molecule has 34 heavy (non-hydrogen) atoms. The number of hydrogen-bond acceptors (Lipinski definition) is 5. The number of carbonyl (C=O) groups is 4. The number of hydrogen-bond donors (Lipinski definition) is 2. The second kappa shape index (κ2) is 8.26. The van der Waals surface area contributed by atoms with E-state index in [9.17, 15) is 19.2 Å². The Labute approximate surface area is 195 Å². The minimum absolute atomic E-state index is 0.197. The molecule has 3 heterocycles. The van der Waals surface area contributed by atoms with Crippen LogP contribution in [0.2, 0.25) is 0 Å². The molecule has 172 valence electrons. The molecule has 1 saturated heterocycles. The van der Waals surface area contributed by atoms with Crippen molar-refractivity contribution in [3.8, 4) is 5.69 Å². The minimum Gasteiger partial charge on any atom is -0.322 e. The van der Waals surface area contributed by atoms with Gasteiger partial charge in [0.1, 0.15) is 6.04 Å². The van der Waals surface area contributed by atoms with E-state index in [1.54, 1.807) is 18.2 Å². The first-order valence-electron chi connectivity index (χ1n) is 11.0. The largest absolute Gasteiger partial charge is 0.322 e. The summed E-state index contributed by atoms with van der Waals surface area (Å²) in [5, 5.41) is 9.63. The number of aryl methyl sites for hydroxylation is 2. The van der Waals surface area contributed by atoms with E-state index in [0.29, 0.717) is 28.8 Å². The van der Waals surface area contributed by atoms with Gasteiger partial charge in [-0.05, 0) is 74.4 Å². The molecule has 9 heteroatoms. The first kappa shape index (κ1) is 21.6. The molecule has 0 radical (unpaired) electrons. The van der Waals surface area contributed by atoms with E-state index in [0.717, 1.165) is 17.1 Å². The zero-order chi connectivity index (χ0) is 24.0. The van der Waals surface area contributed by atoms with Gasteiger partial charge in [0.05, 0.1) is 11.4 Å². The fraction of sp³-hybridized carbons (Fsp3) is 0.240. The lowest BCUT2D eigenvalue weighted by atomic mass is 10.0. The molecule has 2 aliphatic rings. The smallest absolute Gasteiger partial charge is 0.255 e. The van der Waals surface area contributed by atoms with Gasteiger partial charge in [-0.3, -0.25) is 24.5 Å². The van der Waals surface area contributed by atoms with Gasteiger partial charge in [-0.15, -0.1) is 0 Å². The van der Waals surface area contributed by atoms with E-state index in [2.05, 4.69) is 15.7 Å². The van der Waals surface area contributed by atoms with Crippen molar-refractivity contribution in [3.05, 3.63) is 76.6 Å². The summed E-state index contributed by atoms with van der Waals surface area (Å²) in [4.78, 5) is 50.8. The average Bonchev–Trinajstić information content (AvgIpc) is 3.32. The van der Waals surface area contributed by atoms with Crippen molar-refractivity contribution in [1.29, 1.82) is 0 Å². The zero-order valence-corrected chi connectivity index (χ0v) is 18.8. The second-order valence-electron chi connectivity index (χ2n) is 8.61. The van der Waals surface area contributed by atoms with Crippen LogP contribution in [-0.2, 0) is 16.1 Å². The summed E-state index contributed by atoms with van der Waals surface area (Å²) in [6.45, 7) is 4.14. The van der Waals surface area contributed by atoms with E-state index >= 15 is 0 Å². The molecule has 4 amide bonds. The average molecular weight is 457 g/mol. The molecular formula is C25H23N5O4. The van der Waals surface area contributed by atoms with Crippen LogP contribution in [0.25, 0.3) is 5.69 Å². The fourth-order valence-corrected chi connectivity index (χ4v) is 4.50. The Balaban J connectivity index is 1.29. The van der Waals surface area contributed by atoms with Crippen molar-refractivity contribution < 1.29 is 19.2 Å². The van der Waals surface area contributed by atoms with E-state index in [4.69, 9.17) is 0 Å². The number of imide groups is 1. The Bertz CT molecular complexity index is 1340. The predicted octanol–water partition coefficient (Wildman–Crippen LogP) is 2.50. The monoisotopic (exact) mass is 457 g/mol. The highest BCUT2D eigenvalue weighted by molar-refractivity contribution is 6.08. The van der Waals surface area contributed by atoms with Gasteiger partial charge in [0.25, 0.3) is 11.8 Å². The number of anilines is 1. The fourth-order valence-electron chi connectivity index (χ4n) is 4.50. The number of nitrogens with zero attached hydrogens (tertiary/aromatic N) is 3. The molecule has 5 rings (SSSR count). The van der Waals surface area contributed by atoms with Crippen molar-refractivity contribution in [2.24, 2.45) is 0 Å². The Kier molecular flexibility index (Phi) is 5.24. The molecule has 2 N–H and O–H groups in total. The van der Waals surface area contributed by atoms with Crippen molar-refractivity contribution >= 4 is 29.3 Å². The Morgan fingerprint density at radius 3 is 2.50 bits per heavy atom. The molecule has 1 atom stereocenters. The zero-order valence-electron chi connectivity index (χ0n) is 18.8. The maximum Gasteiger partial charge on any atom is 0.255 e. The third kappa shape index (κ3) is 3.85. The number of rotatable bonds is 4. The van der Waals surface area contributed by atoms with E-state index < -0.39 is 11.9 Å². The molecular weight excluding hydrogens is 434 g/mol. The summed E-state index contributed by atoms with van der Waals surface area (Å²) < 4.78 is 1.84. The minimum atomic E-state index is -0.685. The molecule has 9 nitrogen and oxygen atoms in total.